The van der Waals surface area contributed by atoms with Gasteiger partial charge in [0, 0.05) is 12.7 Å². The van der Waals surface area contributed by atoms with E-state index in [1.807, 2.05) is 25.2 Å². The molecule has 19 heavy (non-hydrogen) atoms. The molecule has 0 fully saturated rings. The summed E-state index contributed by atoms with van der Waals surface area (Å²) in [5.74, 6) is 1.09. The smallest absolute Gasteiger partial charge is 0.102 e. The molecule has 0 amide bonds. The van der Waals surface area contributed by atoms with Crippen LogP contribution >= 0.6 is 15.9 Å². The topological polar surface area (TPSA) is 36.4 Å². The largest absolute Gasteiger partial charge is 0.371 e. The van der Waals surface area contributed by atoms with Crippen LogP contribution in [0.2, 0.25) is 0 Å². The number of hydrogen-bond donors (Lipinski definition) is 2. The molecule has 0 bridgehead atoms. The van der Waals surface area contributed by atoms with Gasteiger partial charge in [-0.15, -0.1) is 0 Å². The molecule has 0 aromatic carbocycles. The quantitative estimate of drug-likeness (QED) is 0.835. The second kappa shape index (κ2) is 6.06. The van der Waals surface area contributed by atoms with E-state index in [1.54, 1.807) is 6.20 Å². The predicted octanol–water partition coefficient (Wildman–Crippen LogP) is 3.51. The number of aliphatic imine (C=N–C) groups is 1. The molecule has 0 atom stereocenters. The molecule has 2 N–H and O–H groups in total. The van der Waals surface area contributed by atoms with Crippen LogP contribution < -0.4 is 10.6 Å². The Kier molecular flexibility index (Phi) is 4.43. The van der Waals surface area contributed by atoms with Crippen molar-refractivity contribution < 1.29 is 0 Å². The summed E-state index contributed by atoms with van der Waals surface area (Å²) in [6, 6.07) is 0. The highest BCUT2D eigenvalue weighted by atomic mass is 79.9. The van der Waals surface area contributed by atoms with E-state index in [9.17, 15) is 0 Å². The van der Waals surface area contributed by atoms with Gasteiger partial charge >= 0.3 is 0 Å². The Balaban J connectivity index is 2.29. The third-order valence-electron chi connectivity index (χ3n) is 3.04. The molecule has 2 rings (SSSR count). The Morgan fingerprint density at radius 3 is 2.89 bits per heavy atom. The number of hydrogen-bond acceptors (Lipinski definition) is 3. The summed E-state index contributed by atoms with van der Waals surface area (Å²) in [5, 5.41) is 6.76. The molecule has 3 nitrogen and oxygen atoms in total. The number of rotatable bonds is 3. The summed E-state index contributed by atoms with van der Waals surface area (Å²) in [4.78, 5) is 4.41. The third-order valence-corrected chi connectivity index (χ3v) is 3.84. The van der Waals surface area contributed by atoms with Gasteiger partial charge in [0.2, 0.25) is 0 Å². The van der Waals surface area contributed by atoms with Crippen molar-refractivity contribution in [1.82, 2.24) is 10.6 Å². The maximum Gasteiger partial charge on any atom is 0.102 e. The Hall–Kier alpha value is -1.55. The molecule has 0 saturated heterocycles. The summed E-state index contributed by atoms with van der Waals surface area (Å²) in [5.41, 5.74) is 4.11. The van der Waals surface area contributed by atoms with Crippen molar-refractivity contribution in [1.29, 1.82) is 0 Å². The zero-order valence-corrected chi connectivity index (χ0v) is 12.8. The van der Waals surface area contributed by atoms with Gasteiger partial charge in [0.25, 0.3) is 0 Å². The van der Waals surface area contributed by atoms with Crippen LogP contribution in [0.5, 0.6) is 0 Å². The van der Waals surface area contributed by atoms with Crippen molar-refractivity contribution in [2.75, 3.05) is 6.54 Å². The van der Waals surface area contributed by atoms with E-state index in [4.69, 9.17) is 0 Å². The van der Waals surface area contributed by atoms with E-state index in [0.717, 1.165) is 40.3 Å². The lowest BCUT2D eigenvalue weighted by atomic mass is 10.1. The Labute approximate surface area is 122 Å². The van der Waals surface area contributed by atoms with E-state index in [2.05, 4.69) is 45.1 Å². The van der Waals surface area contributed by atoms with Crippen molar-refractivity contribution >= 4 is 21.6 Å². The fourth-order valence-electron chi connectivity index (χ4n) is 1.93. The van der Waals surface area contributed by atoms with Crippen molar-refractivity contribution in [2.24, 2.45) is 4.99 Å². The van der Waals surface area contributed by atoms with Gasteiger partial charge in [0.1, 0.15) is 5.82 Å². The molecule has 1 heterocycles. The molecular formula is C15H18BrN3. The molecule has 0 aromatic heterocycles. The van der Waals surface area contributed by atoms with Crippen LogP contribution in [0.25, 0.3) is 0 Å². The zero-order valence-electron chi connectivity index (χ0n) is 11.3. The number of halogens is 1. The van der Waals surface area contributed by atoms with Gasteiger partial charge in [0.15, 0.2) is 0 Å². The summed E-state index contributed by atoms with van der Waals surface area (Å²) < 4.78 is 0.937. The monoisotopic (exact) mass is 319 g/mol. The van der Waals surface area contributed by atoms with Crippen LogP contribution in [0.4, 0.5) is 0 Å². The van der Waals surface area contributed by atoms with Crippen molar-refractivity contribution in [3.63, 3.8) is 0 Å². The van der Waals surface area contributed by atoms with Gasteiger partial charge in [-0.3, -0.25) is 4.99 Å². The normalized spacial score (nSPS) is 21.8. The lowest BCUT2D eigenvalue weighted by molar-refractivity contribution is 0.806. The molecule has 0 aromatic rings. The fraction of sp³-hybridized carbons (Fsp3) is 0.267. The van der Waals surface area contributed by atoms with Crippen molar-refractivity contribution in [3.8, 4) is 0 Å². The number of nitrogens with one attached hydrogen (secondary N) is 2. The van der Waals surface area contributed by atoms with Gasteiger partial charge in [-0.1, -0.05) is 18.7 Å². The second-order valence-corrected chi connectivity index (χ2v) is 5.30. The molecular weight excluding hydrogens is 302 g/mol. The lowest BCUT2D eigenvalue weighted by Gasteiger charge is -2.18. The summed E-state index contributed by atoms with van der Waals surface area (Å²) in [6.07, 6.45) is 8.75. The van der Waals surface area contributed by atoms with Gasteiger partial charge in [-0.05, 0) is 53.4 Å². The molecule has 0 unspecified atom stereocenters. The van der Waals surface area contributed by atoms with Gasteiger partial charge < -0.3 is 10.6 Å². The highest BCUT2D eigenvalue weighted by molar-refractivity contribution is 9.12. The second-order valence-electron chi connectivity index (χ2n) is 4.50. The fourth-order valence-corrected chi connectivity index (χ4v) is 2.51. The summed E-state index contributed by atoms with van der Waals surface area (Å²) in [6.45, 7) is 9.08. The van der Waals surface area contributed by atoms with Crippen molar-refractivity contribution in [3.05, 3.63) is 58.2 Å². The Morgan fingerprint density at radius 1 is 1.47 bits per heavy atom. The highest BCUT2D eigenvalue weighted by Crippen LogP contribution is 2.25. The van der Waals surface area contributed by atoms with E-state index in [1.165, 1.54) is 5.57 Å². The Bertz CT molecular complexity index is 548. The first-order valence-corrected chi connectivity index (χ1v) is 7.10. The minimum atomic E-state index is 0.861. The standard InChI is InChI=1S/C15H18BrN3/c1-4-8-17-14-10(2)5-6-12(13(14)16)19-15-11(3)7-9-18-15/h4-6,8,18-19H,2,7,9H2,1,3H3/b8-4-,17-14?. The van der Waals surface area contributed by atoms with Crippen LogP contribution in [0.3, 0.4) is 0 Å². The average Bonchev–Trinajstić information content (AvgIpc) is 2.78. The Morgan fingerprint density at radius 2 is 2.26 bits per heavy atom. The molecule has 2 aliphatic rings. The summed E-state index contributed by atoms with van der Waals surface area (Å²) in [7, 11) is 0. The van der Waals surface area contributed by atoms with E-state index < -0.39 is 0 Å². The van der Waals surface area contributed by atoms with E-state index in [-0.39, 0.29) is 0 Å². The van der Waals surface area contributed by atoms with Crippen LogP contribution in [0.15, 0.2) is 63.1 Å². The molecule has 1 aliphatic heterocycles. The van der Waals surface area contributed by atoms with Gasteiger partial charge in [-0.25, -0.2) is 0 Å². The van der Waals surface area contributed by atoms with Gasteiger partial charge in [0.05, 0.1) is 15.9 Å². The maximum absolute atomic E-state index is 4.41. The molecule has 100 valence electrons. The van der Waals surface area contributed by atoms with Crippen LogP contribution in [-0.4, -0.2) is 12.3 Å². The highest BCUT2D eigenvalue weighted by Gasteiger charge is 2.18. The first-order valence-electron chi connectivity index (χ1n) is 6.30. The SMILES string of the molecule is C=C1C=CC(NC2=C(C)CCN2)=C(Br)C1=N/C=C\C. The zero-order chi connectivity index (χ0) is 13.8. The van der Waals surface area contributed by atoms with Crippen molar-refractivity contribution in [2.45, 2.75) is 20.3 Å². The maximum atomic E-state index is 4.41. The van der Waals surface area contributed by atoms with Crippen LogP contribution in [0.1, 0.15) is 20.3 Å². The van der Waals surface area contributed by atoms with Crippen LogP contribution in [0, 0.1) is 0 Å². The van der Waals surface area contributed by atoms with Gasteiger partial charge in [-0.2, -0.15) is 0 Å². The number of allylic oxidation sites excluding steroid dienone is 5. The lowest BCUT2D eigenvalue weighted by Crippen LogP contribution is -2.25. The molecule has 0 spiro atoms. The minimum Gasteiger partial charge on any atom is -0.371 e. The first-order chi connectivity index (χ1) is 9.13. The van der Waals surface area contributed by atoms with Crippen LogP contribution in [-0.2, 0) is 0 Å². The molecule has 4 heteroatoms. The summed E-state index contributed by atoms with van der Waals surface area (Å²) >= 11 is 3.61. The predicted molar refractivity (Wildman–Crippen MR) is 84.9 cm³/mol. The molecule has 0 radical (unpaired) electrons. The third kappa shape index (κ3) is 3.07. The molecule has 0 saturated carbocycles. The average molecular weight is 320 g/mol. The minimum absolute atomic E-state index is 0.861. The van der Waals surface area contributed by atoms with E-state index in [0.29, 0.717) is 0 Å². The molecule has 1 aliphatic carbocycles. The van der Waals surface area contributed by atoms with E-state index >= 15 is 0 Å². The number of nitrogens with zero attached hydrogens (tertiary/aromatic N) is 1. The first kappa shape index (κ1) is 13.9.